The summed E-state index contributed by atoms with van der Waals surface area (Å²) in [5.41, 5.74) is 0. The van der Waals surface area contributed by atoms with Gasteiger partial charge in [0, 0.05) is 0 Å². The number of rotatable bonds is 0. The van der Waals surface area contributed by atoms with Crippen molar-refractivity contribution >= 4 is 11.2 Å². The van der Waals surface area contributed by atoms with Gasteiger partial charge in [-0.15, -0.1) is 0 Å². The van der Waals surface area contributed by atoms with E-state index in [1.54, 1.807) is 0 Å². The highest BCUT2D eigenvalue weighted by atomic mass is 32.2. The van der Waals surface area contributed by atoms with Crippen LogP contribution in [0.15, 0.2) is 0 Å². The topological polar surface area (TPSA) is 23.1 Å². The van der Waals surface area contributed by atoms with Gasteiger partial charge < -0.3 is 4.55 Å². The maximum Gasteiger partial charge on any atom is 0.157 e. The highest BCUT2D eigenvalue weighted by Gasteiger charge is 2.35. The molecule has 0 amide bonds. The van der Waals surface area contributed by atoms with E-state index in [0.717, 1.165) is 5.75 Å². The van der Waals surface area contributed by atoms with Crippen LogP contribution >= 0.6 is 0 Å². The summed E-state index contributed by atoms with van der Waals surface area (Å²) < 4.78 is 10.00. The Morgan fingerprint density at radius 3 is 2.20 bits per heavy atom. The van der Waals surface area contributed by atoms with E-state index in [1.165, 1.54) is 0 Å². The van der Waals surface area contributed by atoms with Crippen molar-refractivity contribution in [3.8, 4) is 0 Å². The Morgan fingerprint density at radius 1 is 2.00 bits per heavy atom. The highest BCUT2D eigenvalue weighted by molar-refractivity contribution is 7.99. The van der Waals surface area contributed by atoms with Gasteiger partial charge in [-0.25, -0.2) is 0 Å². The van der Waals surface area contributed by atoms with E-state index in [-0.39, 0.29) is 0 Å². The monoisotopic (exact) mass is 90.0 g/mol. The van der Waals surface area contributed by atoms with Gasteiger partial charge in [-0.3, -0.25) is 0 Å². The minimum Gasteiger partial charge on any atom is -0.616 e. The first-order valence-corrected chi connectivity index (χ1v) is 3.06. The second-order valence-electron chi connectivity index (χ2n) is 1.36. The predicted molar refractivity (Wildman–Crippen MR) is 22.5 cm³/mol. The summed E-state index contributed by atoms with van der Waals surface area (Å²) in [6.07, 6.45) is 0. The van der Waals surface area contributed by atoms with Crippen molar-refractivity contribution < 1.29 is 4.55 Å². The third kappa shape index (κ3) is 0.578. The maximum atomic E-state index is 10.00. The number of hydrogen-bond donors (Lipinski definition) is 0. The van der Waals surface area contributed by atoms with E-state index < -0.39 is 11.2 Å². The summed E-state index contributed by atoms with van der Waals surface area (Å²) in [7, 11) is 0. The fourth-order valence-electron chi connectivity index (χ4n) is 0.192. The predicted octanol–water partition coefficient (Wildman–Crippen LogP) is 0.137. The van der Waals surface area contributed by atoms with Crippen molar-refractivity contribution in [1.29, 1.82) is 0 Å². The van der Waals surface area contributed by atoms with E-state index in [1.807, 2.05) is 6.92 Å². The zero-order valence-electron chi connectivity index (χ0n) is 3.10. The van der Waals surface area contributed by atoms with Gasteiger partial charge in [-0.05, 0) is 18.1 Å². The molecule has 2 heteroatoms. The standard InChI is InChI=1S/C3H6OS/c1-3-2-5(3)4/h3H,2H2,1H3. The van der Waals surface area contributed by atoms with Crippen molar-refractivity contribution in [3.05, 3.63) is 0 Å². The molecule has 0 spiro atoms. The molecule has 0 saturated carbocycles. The zero-order chi connectivity index (χ0) is 3.86. The van der Waals surface area contributed by atoms with Gasteiger partial charge in [-0.1, -0.05) is 0 Å². The molecule has 2 atom stereocenters. The van der Waals surface area contributed by atoms with Crippen LogP contribution in [-0.2, 0) is 11.2 Å². The van der Waals surface area contributed by atoms with Gasteiger partial charge >= 0.3 is 0 Å². The van der Waals surface area contributed by atoms with Gasteiger partial charge in [0.05, 0.1) is 0 Å². The zero-order valence-corrected chi connectivity index (χ0v) is 3.92. The molecule has 1 aliphatic heterocycles. The Hall–Kier alpha value is 0.310. The van der Waals surface area contributed by atoms with Crippen molar-refractivity contribution in [3.63, 3.8) is 0 Å². The minimum absolute atomic E-state index is 0.406. The normalized spacial score (nSPS) is 49.2. The molecule has 1 rings (SSSR count). The van der Waals surface area contributed by atoms with Crippen LogP contribution in [-0.4, -0.2) is 15.6 Å². The molecule has 0 aromatic rings. The Balaban J connectivity index is 2.20. The Morgan fingerprint density at radius 2 is 2.20 bits per heavy atom. The molecule has 1 heterocycles. The smallest absolute Gasteiger partial charge is 0.157 e. The Labute approximate surface area is 34.6 Å². The van der Waals surface area contributed by atoms with Crippen LogP contribution in [0.5, 0.6) is 0 Å². The molecule has 1 nitrogen and oxygen atoms in total. The first-order valence-electron chi connectivity index (χ1n) is 1.68. The lowest BCUT2D eigenvalue weighted by Crippen LogP contribution is -1.73. The third-order valence-corrected chi connectivity index (χ3v) is 2.20. The Kier molecular flexibility index (Phi) is 0.618. The lowest BCUT2D eigenvalue weighted by Gasteiger charge is -1.74. The molecule has 0 aromatic carbocycles. The molecule has 0 bridgehead atoms. The summed E-state index contributed by atoms with van der Waals surface area (Å²) in [6, 6.07) is 0. The van der Waals surface area contributed by atoms with Gasteiger partial charge in [0.1, 0.15) is 0 Å². The molecule has 0 aliphatic carbocycles. The first kappa shape index (κ1) is 3.50. The molecule has 1 saturated heterocycles. The fourth-order valence-corrected chi connectivity index (χ4v) is 0.743. The van der Waals surface area contributed by atoms with Crippen LogP contribution in [0.25, 0.3) is 0 Å². The van der Waals surface area contributed by atoms with Crippen LogP contribution < -0.4 is 0 Å². The molecule has 30 valence electrons. The summed E-state index contributed by atoms with van der Waals surface area (Å²) in [5, 5.41) is 0.523. The fraction of sp³-hybridized carbons (Fsp3) is 1.00. The van der Waals surface area contributed by atoms with E-state index in [0.29, 0.717) is 5.25 Å². The molecule has 1 fully saturated rings. The molecular weight excluding hydrogens is 84.1 g/mol. The molecule has 0 radical (unpaired) electrons. The number of hydrogen-bond acceptors (Lipinski definition) is 1. The van der Waals surface area contributed by atoms with Crippen molar-refractivity contribution in [2.24, 2.45) is 0 Å². The first-order chi connectivity index (χ1) is 2.30. The van der Waals surface area contributed by atoms with Crippen LogP contribution in [0.4, 0.5) is 0 Å². The maximum absolute atomic E-state index is 10.00. The van der Waals surface area contributed by atoms with Crippen molar-refractivity contribution in [1.82, 2.24) is 0 Å². The van der Waals surface area contributed by atoms with E-state index in [2.05, 4.69) is 0 Å². The molecular formula is C3H6OS. The summed E-state index contributed by atoms with van der Waals surface area (Å²) in [5.74, 6) is 0.944. The molecule has 5 heavy (non-hydrogen) atoms. The average molecular weight is 90.1 g/mol. The van der Waals surface area contributed by atoms with Crippen LogP contribution in [0, 0.1) is 0 Å². The molecule has 1 aliphatic rings. The van der Waals surface area contributed by atoms with Gasteiger partial charge in [0.15, 0.2) is 11.0 Å². The Bertz CT molecular complexity index is 40.2. The largest absolute Gasteiger partial charge is 0.616 e. The van der Waals surface area contributed by atoms with Crippen LogP contribution in [0.1, 0.15) is 6.92 Å². The van der Waals surface area contributed by atoms with E-state index in [4.69, 9.17) is 0 Å². The second kappa shape index (κ2) is 0.884. The van der Waals surface area contributed by atoms with Crippen LogP contribution in [0.2, 0.25) is 0 Å². The van der Waals surface area contributed by atoms with E-state index >= 15 is 0 Å². The minimum atomic E-state index is -0.406. The second-order valence-corrected chi connectivity index (χ2v) is 3.26. The highest BCUT2D eigenvalue weighted by Crippen LogP contribution is 2.18. The summed E-state index contributed by atoms with van der Waals surface area (Å²) in [4.78, 5) is 0. The lowest BCUT2D eigenvalue weighted by molar-refractivity contribution is 0.612. The summed E-state index contributed by atoms with van der Waals surface area (Å²) in [6.45, 7) is 2.00. The molecule has 2 unspecified atom stereocenters. The van der Waals surface area contributed by atoms with E-state index in [9.17, 15) is 4.55 Å². The van der Waals surface area contributed by atoms with Crippen molar-refractivity contribution in [2.45, 2.75) is 12.2 Å². The molecule has 0 N–H and O–H groups in total. The van der Waals surface area contributed by atoms with Crippen LogP contribution in [0.3, 0.4) is 0 Å². The SMILES string of the molecule is CC1C[S+]1[O-]. The van der Waals surface area contributed by atoms with Gasteiger partial charge in [0.25, 0.3) is 0 Å². The van der Waals surface area contributed by atoms with Gasteiger partial charge in [-0.2, -0.15) is 0 Å². The quantitative estimate of drug-likeness (QED) is 0.306. The summed E-state index contributed by atoms with van der Waals surface area (Å²) >= 11 is -0.406. The van der Waals surface area contributed by atoms with Gasteiger partial charge in [0.2, 0.25) is 0 Å². The van der Waals surface area contributed by atoms with Crippen molar-refractivity contribution in [2.75, 3.05) is 5.75 Å². The third-order valence-electron chi connectivity index (χ3n) is 0.732. The lowest BCUT2D eigenvalue weighted by atomic mass is 10.6. The average Bonchev–Trinajstić information content (AvgIpc) is 1.79. The molecule has 0 aromatic heterocycles.